The van der Waals surface area contributed by atoms with Gasteiger partial charge < -0.3 is 10.8 Å². The van der Waals surface area contributed by atoms with Crippen LogP contribution in [0.5, 0.6) is 0 Å². The van der Waals surface area contributed by atoms with E-state index in [1.54, 1.807) is 6.92 Å². The molecule has 0 saturated heterocycles. The minimum absolute atomic E-state index is 0.140. The Bertz CT molecular complexity index is 328. The van der Waals surface area contributed by atoms with E-state index in [0.717, 1.165) is 0 Å². The number of aliphatic hydroxyl groups excluding tert-OH is 1. The lowest BCUT2D eigenvalue weighted by Gasteiger charge is -2.13. The molecule has 14 heavy (non-hydrogen) atoms. The van der Waals surface area contributed by atoms with E-state index in [4.69, 9.17) is 10.8 Å². The summed E-state index contributed by atoms with van der Waals surface area (Å²) in [4.78, 5) is 0. The zero-order valence-corrected chi connectivity index (χ0v) is 7.93. The van der Waals surface area contributed by atoms with Gasteiger partial charge in [-0.05, 0) is 25.0 Å². The predicted octanol–water partition coefficient (Wildman–Crippen LogP) is 1.66. The maximum Gasteiger partial charge on any atom is 0.133 e. The number of nitrogens with two attached hydrogens (primary N) is 1. The van der Waals surface area contributed by atoms with Gasteiger partial charge in [0.2, 0.25) is 0 Å². The van der Waals surface area contributed by atoms with Gasteiger partial charge in [0.1, 0.15) is 11.6 Å². The summed E-state index contributed by atoms with van der Waals surface area (Å²) in [5.74, 6) is -1.28. The molecule has 78 valence electrons. The maximum absolute atomic E-state index is 13.4. The molecule has 0 aliphatic heterocycles. The number of hydrogen-bond donors (Lipinski definition) is 2. The highest BCUT2D eigenvalue weighted by molar-refractivity contribution is 5.28. The van der Waals surface area contributed by atoms with Crippen molar-refractivity contribution >= 4 is 0 Å². The third-order valence-corrected chi connectivity index (χ3v) is 2.13. The summed E-state index contributed by atoms with van der Waals surface area (Å²) in [5, 5.41) is 8.62. The Balaban J connectivity index is 3.11. The molecule has 0 amide bonds. The van der Waals surface area contributed by atoms with E-state index >= 15 is 0 Å². The Morgan fingerprint density at radius 3 is 2.64 bits per heavy atom. The minimum atomic E-state index is -0.792. The molecule has 0 aromatic heterocycles. The van der Waals surface area contributed by atoms with E-state index in [1.807, 2.05) is 0 Å². The average Bonchev–Trinajstić information content (AvgIpc) is 2.13. The number of hydrogen-bond acceptors (Lipinski definition) is 2. The highest BCUT2D eigenvalue weighted by atomic mass is 19.1. The quantitative estimate of drug-likeness (QED) is 0.781. The van der Waals surface area contributed by atoms with Crippen LogP contribution >= 0.6 is 0 Å². The third kappa shape index (κ3) is 2.08. The van der Waals surface area contributed by atoms with Gasteiger partial charge in [0.25, 0.3) is 0 Å². The van der Waals surface area contributed by atoms with Gasteiger partial charge in [-0.25, -0.2) is 8.78 Å². The largest absolute Gasteiger partial charge is 0.396 e. The highest BCUT2D eigenvalue weighted by Crippen LogP contribution is 2.23. The fourth-order valence-corrected chi connectivity index (χ4v) is 1.30. The van der Waals surface area contributed by atoms with E-state index < -0.39 is 17.7 Å². The number of rotatable bonds is 3. The van der Waals surface area contributed by atoms with Crippen molar-refractivity contribution in [2.24, 2.45) is 5.73 Å². The standard InChI is InChI=1S/C10H13F2NO/c1-6-2-3-7(11)9(10(6)12)8(13)4-5-14/h2-3,8,14H,4-5,13H2,1H3/t8-/m0/s1. The van der Waals surface area contributed by atoms with Gasteiger partial charge in [0.15, 0.2) is 0 Å². The summed E-state index contributed by atoms with van der Waals surface area (Å²) in [6, 6.07) is 1.75. The van der Waals surface area contributed by atoms with Crippen LogP contribution in [0.25, 0.3) is 0 Å². The second kappa shape index (κ2) is 4.48. The fourth-order valence-electron chi connectivity index (χ4n) is 1.30. The molecule has 0 heterocycles. The zero-order valence-electron chi connectivity index (χ0n) is 7.93. The zero-order chi connectivity index (χ0) is 10.7. The Morgan fingerprint density at radius 1 is 1.43 bits per heavy atom. The molecule has 0 saturated carbocycles. The highest BCUT2D eigenvalue weighted by Gasteiger charge is 2.17. The van der Waals surface area contributed by atoms with Gasteiger partial charge in [-0.1, -0.05) is 6.07 Å². The first-order valence-corrected chi connectivity index (χ1v) is 4.39. The topological polar surface area (TPSA) is 46.2 Å². The number of benzene rings is 1. The van der Waals surface area contributed by atoms with Crippen molar-refractivity contribution in [1.82, 2.24) is 0 Å². The van der Waals surface area contributed by atoms with E-state index in [-0.39, 0.29) is 18.6 Å². The minimum Gasteiger partial charge on any atom is -0.396 e. The molecule has 0 aliphatic rings. The summed E-state index contributed by atoms with van der Waals surface area (Å²) in [6.45, 7) is 1.36. The first-order valence-electron chi connectivity index (χ1n) is 4.39. The molecule has 0 radical (unpaired) electrons. The van der Waals surface area contributed by atoms with E-state index in [2.05, 4.69) is 0 Å². The van der Waals surface area contributed by atoms with Crippen LogP contribution in [0.15, 0.2) is 12.1 Å². The van der Waals surface area contributed by atoms with Crippen molar-refractivity contribution in [2.75, 3.05) is 6.61 Å². The van der Waals surface area contributed by atoms with Crippen molar-refractivity contribution < 1.29 is 13.9 Å². The van der Waals surface area contributed by atoms with Gasteiger partial charge in [-0.3, -0.25) is 0 Å². The summed E-state index contributed by atoms with van der Waals surface area (Å²) in [7, 11) is 0. The van der Waals surface area contributed by atoms with Crippen LogP contribution in [0.4, 0.5) is 8.78 Å². The van der Waals surface area contributed by atoms with Crippen molar-refractivity contribution in [3.8, 4) is 0 Å². The monoisotopic (exact) mass is 201 g/mol. The van der Waals surface area contributed by atoms with Crippen LogP contribution < -0.4 is 5.73 Å². The summed E-state index contributed by atoms with van der Waals surface area (Å²) in [5.41, 5.74) is 5.75. The van der Waals surface area contributed by atoms with Gasteiger partial charge in [-0.2, -0.15) is 0 Å². The second-order valence-electron chi connectivity index (χ2n) is 3.21. The molecular formula is C10H13F2NO. The van der Waals surface area contributed by atoms with Crippen LogP contribution in [0.1, 0.15) is 23.6 Å². The van der Waals surface area contributed by atoms with Gasteiger partial charge in [0, 0.05) is 18.2 Å². The smallest absolute Gasteiger partial charge is 0.133 e. The van der Waals surface area contributed by atoms with Gasteiger partial charge in [0.05, 0.1) is 0 Å². The summed E-state index contributed by atoms with van der Waals surface area (Å²) in [6.07, 6.45) is 0.150. The molecule has 0 spiro atoms. The van der Waals surface area contributed by atoms with Crippen molar-refractivity contribution in [1.29, 1.82) is 0 Å². The van der Waals surface area contributed by atoms with Crippen LogP contribution in [-0.2, 0) is 0 Å². The molecule has 1 rings (SSSR count). The second-order valence-corrected chi connectivity index (χ2v) is 3.21. The number of aryl methyl sites for hydroxylation is 1. The Kier molecular flexibility index (Phi) is 3.55. The van der Waals surface area contributed by atoms with Gasteiger partial charge >= 0.3 is 0 Å². The lowest BCUT2D eigenvalue weighted by atomic mass is 10.0. The molecule has 1 aromatic rings. The lowest BCUT2D eigenvalue weighted by Crippen LogP contribution is -2.16. The predicted molar refractivity (Wildman–Crippen MR) is 49.7 cm³/mol. The first kappa shape index (κ1) is 11.1. The number of aliphatic hydroxyl groups is 1. The van der Waals surface area contributed by atoms with Crippen molar-refractivity contribution in [3.63, 3.8) is 0 Å². The van der Waals surface area contributed by atoms with E-state index in [0.29, 0.717) is 5.56 Å². The Labute approximate surface area is 81.4 Å². The molecule has 4 heteroatoms. The molecular weight excluding hydrogens is 188 g/mol. The molecule has 0 bridgehead atoms. The van der Waals surface area contributed by atoms with E-state index in [1.165, 1.54) is 12.1 Å². The SMILES string of the molecule is Cc1ccc(F)c([C@@H](N)CCO)c1F. The Hall–Kier alpha value is -1.00. The van der Waals surface area contributed by atoms with Crippen molar-refractivity contribution in [2.45, 2.75) is 19.4 Å². The van der Waals surface area contributed by atoms with Gasteiger partial charge in [-0.15, -0.1) is 0 Å². The Morgan fingerprint density at radius 2 is 2.07 bits per heavy atom. The third-order valence-electron chi connectivity index (χ3n) is 2.13. The molecule has 0 unspecified atom stereocenters. The van der Waals surface area contributed by atoms with Crippen LogP contribution in [0.3, 0.4) is 0 Å². The summed E-state index contributed by atoms with van der Waals surface area (Å²) >= 11 is 0. The maximum atomic E-state index is 13.4. The molecule has 2 nitrogen and oxygen atoms in total. The van der Waals surface area contributed by atoms with Crippen molar-refractivity contribution in [3.05, 3.63) is 34.9 Å². The fraction of sp³-hybridized carbons (Fsp3) is 0.400. The molecule has 1 atom stereocenters. The van der Waals surface area contributed by atoms with Crippen LogP contribution in [0, 0.1) is 18.6 Å². The molecule has 0 aliphatic carbocycles. The molecule has 3 N–H and O–H groups in total. The molecule has 0 fully saturated rings. The molecule has 1 aromatic carbocycles. The normalized spacial score (nSPS) is 12.9. The first-order chi connectivity index (χ1) is 6.57. The van der Waals surface area contributed by atoms with Crippen LogP contribution in [0.2, 0.25) is 0 Å². The average molecular weight is 201 g/mol. The lowest BCUT2D eigenvalue weighted by molar-refractivity contribution is 0.274. The summed E-state index contributed by atoms with van der Waals surface area (Å²) < 4.78 is 26.6. The van der Waals surface area contributed by atoms with Crippen LogP contribution in [-0.4, -0.2) is 11.7 Å². The number of halogens is 2. The van der Waals surface area contributed by atoms with E-state index in [9.17, 15) is 8.78 Å².